The molecule has 0 bridgehead atoms. The quantitative estimate of drug-likeness (QED) is 0.462. The highest BCUT2D eigenvalue weighted by molar-refractivity contribution is 9.10. The Kier molecular flexibility index (Phi) is 6.15. The van der Waals surface area contributed by atoms with E-state index in [4.69, 9.17) is 20.6 Å². The van der Waals surface area contributed by atoms with E-state index in [9.17, 15) is 0 Å². The van der Waals surface area contributed by atoms with Gasteiger partial charge >= 0.3 is 0 Å². The van der Waals surface area contributed by atoms with Crippen LogP contribution < -0.4 is 10.5 Å². The first-order valence-electron chi connectivity index (χ1n) is 5.85. The largest absolute Gasteiger partial charge is 0.490 e. The van der Waals surface area contributed by atoms with Crippen LogP contribution in [0.5, 0.6) is 5.75 Å². The lowest BCUT2D eigenvalue weighted by atomic mass is 10.2. The third-order valence-corrected chi connectivity index (χ3v) is 2.84. The van der Waals surface area contributed by atoms with E-state index in [0.29, 0.717) is 30.4 Å². The highest BCUT2D eigenvalue weighted by Crippen LogP contribution is 2.26. The Bertz CT molecular complexity index is 408. The van der Waals surface area contributed by atoms with Gasteiger partial charge in [-0.1, -0.05) is 19.9 Å². The van der Waals surface area contributed by atoms with Crippen LogP contribution in [0, 0.1) is 11.3 Å². The molecule has 0 aliphatic heterocycles. The molecule has 0 radical (unpaired) electrons. The molecule has 0 aliphatic rings. The van der Waals surface area contributed by atoms with Crippen LogP contribution >= 0.6 is 15.9 Å². The number of halogens is 1. The summed E-state index contributed by atoms with van der Waals surface area (Å²) in [4.78, 5) is 0. The summed E-state index contributed by atoms with van der Waals surface area (Å²) in [6, 6.07) is 5.48. The first kappa shape index (κ1) is 15.0. The summed E-state index contributed by atoms with van der Waals surface area (Å²) in [6.07, 6.45) is 0. The van der Waals surface area contributed by atoms with Gasteiger partial charge in [-0.3, -0.25) is 5.41 Å². The molecule has 0 fully saturated rings. The number of rotatable bonds is 7. The molecule has 0 atom stereocenters. The summed E-state index contributed by atoms with van der Waals surface area (Å²) in [6.45, 7) is 5.90. The summed E-state index contributed by atoms with van der Waals surface area (Å²) in [5.74, 6) is 1.11. The molecule has 4 nitrogen and oxygen atoms in total. The number of nitrogens with one attached hydrogen (secondary N) is 1. The molecule has 0 aliphatic carbocycles. The van der Waals surface area contributed by atoms with Crippen molar-refractivity contribution >= 4 is 21.8 Å². The minimum Gasteiger partial charge on any atom is -0.490 e. The first-order chi connectivity index (χ1) is 8.52. The maximum Gasteiger partial charge on any atom is 0.131 e. The van der Waals surface area contributed by atoms with Gasteiger partial charge in [-0.05, 0) is 34.0 Å². The number of benzene rings is 1. The van der Waals surface area contributed by atoms with Crippen LogP contribution in [-0.2, 0) is 4.74 Å². The summed E-state index contributed by atoms with van der Waals surface area (Å²) in [7, 11) is 0. The second-order valence-corrected chi connectivity index (χ2v) is 5.20. The molecule has 1 aromatic rings. The number of hydrogen-bond acceptors (Lipinski definition) is 3. The molecular formula is C13H19BrN2O2. The van der Waals surface area contributed by atoms with Crippen LogP contribution in [-0.4, -0.2) is 25.7 Å². The number of ether oxygens (including phenoxy) is 2. The molecule has 100 valence electrons. The molecule has 0 heterocycles. The summed E-state index contributed by atoms with van der Waals surface area (Å²) in [5.41, 5.74) is 6.11. The minimum absolute atomic E-state index is 0.0134. The normalized spacial score (nSPS) is 10.7. The van der Waals surface area contributed by atoms with Crippen LogP contribution in [0.2, 0.25) is 0 Å². The Morgan fingerprint density at radius 1 is 1.39 bits per heavy atom. The number of hydrogen-bond donors (Lipinski definition) is 2. The van der Waals surface area contributed by atoms with Gasteiger partial charge in [0.25, 0.3) is 0 Å². The third kappa shape index (κ3) is 4.66. The highest BCUT2D eigenvalue weighted by atomic mass is 79.9. The van der Waals surface area contributed by atoms with Crippen LogP contribution in [0.15, 0.2) is 22.7 Å². The van der Waals surface area contributed by atoms with Crippen LogP contribution in [0.3, 0.4) is 0 Å². The molecule has 0 amide bonds. The standard InChI is InChI=1S/C13H19BrN2O2/c1-9(2)8-17-6-7-18-11-5-3-4-10(14)12(11)13(15)16/h3-5,9H,6-8H2,1-2H3,(H3,15,16). The zero-order valence-corrected chi connectivity index (χ0v) is 12.3. The lowest BCUT2D eigenvalue weighted by Crippen LogP contribution is -2.16. The predicted octanol–water partition coefficient (Wildman–Crippen LogP) is 2.78. The van der Waals surface area contributed by atoms with Gasteiger partial charge in [0.2, 0.25) is 0 Å². The maximum atomic E-state index is 7.53. The highest BCUT2D eigenvalue weighted by Gasteiger charge is 2.10. The van der Waals surface area contributed by atoms with Gasteiger partial charge in [-0.25, -0.2) is 0 Å². The van der Waals surface area contributed by atoms with Crippen molar-refractivity contribution in [3.05, 3.63) is 28.2 Å². The van der Waals surface area contributed by atoms with Crippen LogP contribution in [0.1, 0.15) is 19.4 Å². The molecule has 5 heteroatoms. The second kappa shape index (κ2) is 7.38. The monoisotopic (exact) mass is 314 g/mol. The zero-order valence-electron chi connectivity index (χ0n) is 10.7. The van der Waals surface area contributed by atoms with Crippen molar-refractivity contribution in [2.24, 2.45) is 11.7 Å². The summed E-state index contributed by atoms with van der Waals surface area (Å²) < 4.78 is 11.8. The van der Waals surface area contributed by atoms with Gasteiger partial charge in [-0.15, -0.1) is 0 Å². The van der Waals surface area contributed by atoms with Crippen molar-refractivity contribution in [2.45, 2.75) is 13.8 Å². The van der Waals surface area contributed by atoms with E-state index < -0.39 is 0 Å². The number of nitrogens with two attached hydrogens (primary N) is 1. The van der Waals surface area contributed by atoms with Gasteiger partial charge in [0, 0.05) is 11.1 Å². The van der Waals surface area contributed by atoms with E-state index in [0.717, 1.165) is 11.1 Å². The first-order valence-corrected chi connectivity index (χ1v) is 6.65. The Labute approximate surface area is 116 Å². The predicted molar refractivity (Wildman–Crippen MR) is 76.3 cm³/mol. The molecule has 0 spiro atoms. The van der Waals surface area contributed by atoms with Gasteiger partial charge in [0.15, 0.2) is 0 Å². The molecule has 18 heavy (non-hydrogen) atoms. The Morgan fingerprint density at radius 3 is 2.72 bits per heavy atom. The van der Waals surface area contributed by atoms with Gasteiger partial charge in [0.1, 0.15) is 18.2 Å². The van der Waals surface area contributed by atoms with Crippen LogP contribution in [0.25, 0.3) is 0 Å². The number of amidine groups is 1. The van der Waals surface area contributed by atoms with E-state index >= 15 is 0 Å². The molecular weight excluding hydrogens is 296 g/mol. The maximum absolute atomic E-state index is 7.53. The summed E-state index contributed by atoms with van der Waals surface area (Å²) >= 11 is 3.36. The minimum atomic E-state index is -0.0134. The topological polar surface area (TPSA) is 68.3 Å². The molecule has 1 aromatic carbocycles. The lowest BCUT2D eigenvalue weighted by Gasteiger charge is -2.12. The molecule has 0 saturated heterocycles. The number of nitrogen functional groups attached to an aromatic ring is 1. The fraction of sp³-hybridized carbons (Fsp3) is 0.462. The van der Waals surface area contributed by atoms with Crippen molar-refractivity contribution in [2.75, 3.05) is 19.8 Å². The van der Waals surface area contributed by atoms with Crippen molar-refractivity contribution in [3.8, 4) is 5.75 Å². The zero-order chi connectivity index (χ0) is 13.5. The molecule has 1 rings (SSSR count). The SMILES string of the molecule is CC(C)COCCOc1cccc(Br)c1C(=N)N. The Hall–Kier alpha value is -1.07. The van der Waals surface area contributed by atoms with Gasteiger partial charge in [0.05, 0.1) is 12.2 Å². The second-order valence-electron chi connectivity index (χ2n) is 4.34. The van der Waals surface area contributed by atoms with E-state index in [2.05, 4.69) is 29.8 Å². The van der Waals surface area contributed by atoms with E-state index in [1.165, 1.54) is 0 Å². The molecule has 0 unspecified atom stereocenters. The molecule has 0 saturated carbocycles. The third-order valence-electron chi connectivity index (χ3n) is 2.18. The Morgan fingerprint density at radius 2 is 2.11 bits per heavy atom. The Balaban J connectivity index is 2.52. The average Bonchev–Trinajstić information content (AvgIpc) is 2.27. The molecule has 0 aromatic heterocycles. The van der Waals surface area contributed by atoms with Gasteiger partial charge < -0.3 is 15.2 Å². The van der Waals surface area contributed by atoms with E-state index in [-0.39, 0.29) is 5.84 Å². The molecule has 3 N–H and O–H groups in total. The average molecular weight is 315 g/mol. The summed E-state index contributed by atoms with van der Waals surface area (Å²) in [5, 5.41) is 7.53. The van der Waals surface area contributed by atoms with Crippen molar-refractivity contribution in [1.82, 2.24) is 0 Å². The van der Waals surface area contributed by atoms with E-state index in [1.807, 2.05) is 12.1 Å². The fourth-order valence-electron chi connectivity index (χ4n) is 1.42. The smallest absolute Gasteiger partial charge is 0.131 e. The van der Waals surface area contributed by atoms with Crippen molar-refractivity contribution < 1.29 is 9.47 Å². The van der Waals surface area contributed by atoms with Gasteiger partial charge in [-0.2, -0.15) is 0 Å². The lowest BCUT2D eigenvalue weighted by molar-refractivity contribution is 0.0818. The van der Waals surface area contributed by atoms with E-state index in [1.54, 1.807) is 6.07 Å². The van der Waals surface area contributed by atoms with Crippen molar-refractivity contribution in [3.63, 3.8) is 0 Å². The van der Waals surface area contributed by atoms with Crippen LogP contribution in [0.4, 0.5) is 0 Å². The van der Waals surface area contributed by atoms with Crippen molar-refractivity contribution in [1.29, 1.82) is 5.41 Å². The fourth-order valence-corrected chi connectivity index (χ4v) is 1.98.